The molecule has 0 spiro atoms. The van der Waals surface area contributed by atoms with Crippen molar-refractivity contribution in [3.63, 3.8) is 0 Å². The number of aryl methyl sites for hydroxylation is 1. The number of aliphatic hydroxyl groups is 1. The molecule has 0 bridgehead atoms. The van der Waals surface area contributed by atoms with Gasteiger partial charge >= 0.3 is 0 Å². The SMILES string of the molecule is CCCc1ccccc1O.COCO. The van der Waals surface area contributed by atoms with Gasteiger partial charge in [0, 0.05) is 7.11 Å². The van der Waals surface area contributed by atoms with Gasteiger partial charge in [0.15, 0.2) is 0 Å². The molecule has 0 aliphatic heterocycles. The number of phenolic OH excluding ortho intramolecular Hbond substituents is 1. The number of hydrogen-bond donors (Lipinski definition) is 2. The quantitative estimate of drug-likeness (QED) is 0.729. The van der Waals surface area contributed by atoms with Crippen molar-refractivity contribution in [3.8, 4) is 5.75 Å². The number of methoxy groups -OCH3 is 1. The molecule has 1 aromatic rings. The van der Waals surface area contributed by atoms with Gasteiger partial charge in [-0.3, -0.25) is 0 Å². The number of hydrogen-bond acceptors (Lipinski definition) is 3. The third-order valence-electron chi connectivity index (χ3n) is 1.64. The minimum Gasteiger partial charge on any atom is -0.508 e. The minimum absolute atomic E-state index is 0.181. The van der Waals surface area contributed by atoms with Crippen LogP contribution in [0, 0.1) is 0 Å². The first kappa shape index (κ1) is 12.9. The molecule has 80 valence electrons. The molecule has 0 radical (unpaired) electrons. The average Bonchev–Trinajstić information content (AvgIpc) is 2.22. The van der Waals surface area contributed by atoms with Crippen LogP contribution in [0.3, 0.4) is 0 Å². The Morgan fingerprint density at radius 1 is 1.29 bits per heavy atom. The zero-order valence-electron chi connectivity index (χ0n) is 8.73. The zero-order valence-corrected chi connectivity index (χ0v) is 8.73. The Bertz CT molecular complexity index is 234. The molecule has 14 heavy (non-hydrogen) atoms. The fourth-order valence-electron chi connectivity index (χ4n) is 0.992. The Morgan fingerprint density at radius 2 is 1.86 bits per heavy atom. The second kappa shape index (κ2) is 8.53. The summed E-state index contributed by atoms with van der Waals surface area (Å²) in [4.78, 5) is 0. The van der Waals surface area contributed by atoms with Crippen molar-refractivity contribution in [3.05, 3.63) is 29.8 Å². The van der Waals surface area contributed by atoms with Crippen molar-refractivity contribution in [2.45, 2.75) is 19.8 Å². The van der Waals surface area contributed by atoms with Crippen LogP contribution in [-0.4, -0.2) is 24.1 Å². The molecule has 0 saturated heterocycles. The van der Waals surface area contributed by atoms with E-state index in [1.807, 2.05) is 18.2 Å². The second-order valence-electron chi connectivity index (χ2n) is 2.80. The molecule has 0 fully saturated rings. The van der Waals surface area contributed by atoms with Crippen LogP contribution in [0.1, 0.15) is 18.9 Å². The molecule has 0 aliphatic rings. The largest absolute Gasteiger partial charge is 0.508 e. The number of phenols is 1. The van der Waals surface area contributed by atoms with Crippen molar-refractivity contribution in [2.75, 3.05) is 13.9 Å². The highest BCUT2D eigenvalue weighted by Gasteiger charge is 1.95. The molecule has 1 rings (SSSR count). The summed E-state index contributed by atoms with van der Waals surface area (Å²) in [5.74, 6) is 0.421. The van der Waals surface area contributed by atoms with Gasteiger partial charge in [-0.25, -0.2) is 0 Å². The number of para-hydroxylation sites is 1. The molecule has 0 saturated carbocycles. The Morgan fingerprint density at radius 3 is 2.29 bits per heavy atom. The monoisotopic (exact) mass is 198 g/mol. The molecule has 0 aromatic heterocycles. The minimum atomic E-state index is -0.181. The lowest BCUT2D eigenvalue weighted by Gasteiger charge is -1.99. The molecule has 3 heteroatoms. The van der Waals surface area contributed by atoms with Gasteiger partial charge < -0.3 is 14.9 Å². The highest BCUT2D eigenvalue weighted by Crippen LogP contribution is 2.16. The van der Waals surface area contributed by atoms with E-state index in [9.17, 15) is 5.11 Å². The predicted molar refractivity (Wildman–Crippen MR) is 56.2 cm³/mol. The van der Waals surface area contributed by atoms with Crippen LogP contribution in [0.15, 0.2) is 24.3 Å². The predicted octanol–water partition coefficient (Wildman–Crippen LogP) is 1.93. The normalized spacial score (nSPS) is 9.07. The molecule has 0 unspecified atom stereocenters. The highest BCUT2D eigenvalue weighted by atomic mass is 16.6. The number of rotatable bonds is 3. The number of benzene rings is 1. The standard InChI is InChI=1S/C9H12O.C2H6O2/c1-2-5-8-6-3-4-7-9(8)10;1-4-2-3/h3-4,6-7,10H,2,5H2,1H3;3H,2H2,1H3. The van der Waals surface area contributed by atoms with E-state index in [2.05, 4.69) is 11.7 Å². The molecule has 2 N–H and O–H groups in total. The molecular formula is C11H18O3. The number of ether oxygens (including phenoxy) is 1. The summed E-state index contributed by atoms with van der Waals surface area (Å²) in [6.07, 6.45) is 2.05. The third kappa shape index (κ3) is 5.56. The Labute approximate surface area is 85.0 Å². The van der Waals surface area contributed by atoms with Crippen LogP contribution in [0.2, 0.25) is 0 Å². The van der Waals surface area contributed by atoms with Crippen LogP contribution >= 0.6 is 0 Å². The average molecular weight is 198 g/mol. The fourth-order valence-corrected chi connectivity index (χ4v) is 0.992. The highest BCUT2D eigenvalue weighted by molar-refractivity contribution is 5.31. The van der Waals surface area contributed by atoms with E-state index in [0.717, 1.165) is 18.4 Å². The first-order valence-electron chi connectivity index (χ1n) is 4.62. The van der Waals surface area contributed by atoms with Crippen LogP contribution in [0.5, 0.6) is 5.75 Å². The van der Waals surface area contributed by atoms with Gasteiger partial charge in [0.1, 0.15) is 12.5 Å². The van der Waals surface area contributed by atoms with E-state index in [1.165, 1.54) is 7.11 Å². The summed E-state index contributed by atoms with van der Waals surface area (Å²) in [6.45, 7) is 1.92. The van der Waals surface area contributed by atoms with Gasteiger partial charge in [-0.1, -0.05) is 31.5 Å². The summed E-state index contributed by atoms with van der Waals surface area (Å²) in [6, 6.07) is 7.48. The zero-order chi connectivity index (χ0) is 10.8. The summed E-state index contributed by atoms with van der Waals surface area (Å²) < 4.78 is 4.10. The Kier molecular flexibility index (Phi) is 7.89. The maximum atomic E-state index is 9.24. The van der Waals surface area contributed by atoms with E-state index in [4.69, 9.17) is 5.11 Å². The lowest BCUT2D eigenvalue weighted by Crippen LogP contribution is -1.81. The molecule has 0 heterocycles. The topological polar surface area (TPSA) is 49.7 Å². The molecule has 0 atom stereocenters. The van der Waals surface area contributed by atoms with Gasteiger partial charge in [0.05, 0.1) is 0 Å². The van der Waals surface area contributed by atoms with E-state index in [-0.39, 0.29) is 6.79 Å². The molecule has 3 nitrogen and oxygen atoms in total. The first-order valence-corrected chi connectivity index (χ1v) is 4.62. The lowest BCUT2D eigenvalue weighted by molar-refractivity contribution is 0.0325. The third-order valence-corrected chi connectivity index (χ3v) is 1.64. The molecular weight excluding hydrogens is 180 g/mol. The molecule has 0 amide bonds. The van der Waals surface area contributed by atoms with Crippen molar-refractivity contribution in [1.29, 1.82) is 0 Å². The van der Waals surface area contributed by atoms with Crippen molar-refractivity contribution < 1.29 is 14.9 Å². The van der Waals surface area contributed by atoms with Gasteiger partial charge in [0.25, 0.3) is 0 Å². The lowest BCUT2D eigenvalue weighted by atomic mass is 10.1. The van der Waals surface area contributed by atoms with E-state index < -0.39 is 0 Å². The van der Waals surface area contributed by atoms with Crippen molar-refractivity contribution in [2.24, 2.45) is 0 Å². The summed E-state index contributed by atoms with van der Waals surface area (Å²) in [5, 5.41) is 16.9. The Balaban J connectivity index is 0.000000364. The molecule has 1 aromatic carbocycles. The molecule has 0 aliphatic carbocycles. The van der Waals surface area contributed by atoms with E-state index in [0.29, 0.717) is 5.75 Å². The summed E-state index contributed by atoms with van der Waals surface area (Å²) in [5.41, 5.74) is 1.05. The summed E-state index contributed by atoms with van der Waals surface area (Å²) in [7, 11) is 1.43. The van der Waals surface area contributed by atoms with Crippen molar-refractivity contribution >= 4 is 0 Å². The first-order chi connectivity index (χ1) is 6.76. The van der Waals surface area contributed by atoms with Crippen LogP contribution < -0.4 is 0 Å². The van der Waals surface area contributed by atoms with Crippen molar-refractivity contribution in [1.82, 2.24) is 0 Å². The number of aliphatic hydroxyl groups excluding tert-OH is 1. The van der Waals surface area contributed by atoms with Crippen LogP contribution in [-0.2, 0) is 11.2 Å². The van der Waals surface area contributed by atoms with Gasteiger partial charge in [-0.05, 0) is 18.1 Å². The maximum Gasteiger partial charge on any atom is 0.143 e. The van der Waals surface area contributed by atoms with Crippen LogP contribution in [0.25, 0.3) is 0 Å². The van der Waals surface area contributed by atoms with Gasteiger partial charge in [-0.15, -0.1) is 0 Å². The summed E-state index contributed by atoms with van der Waals surface area (Å²) >= 11 is 0. The maximum absolute atomic E-state index is 9.24. The van der Waals surface area contributed by atoms with Crippen LogP contribution in [0.4, 0.5) is 0 Å². The van der Waals surface area contributed by atoms with E-state index >= 15 is 0 Å². The van der Waals surface area contributed by atoms with Gasteiger partial charge in [-0.2, -0.15) is 0 Å². The number of aromatic hydroxyl groups is 1. The van der Waals surface area contributed by atoms with Gasteiger partial charge in [0.2, 0.25) is 0 Å². The fraction of sp³-hybridized carbons (Fsp3) is 0.455. The van der Waals surface area contributed by atoms with E-state index in [1.54, 1.807) is 6.07 Å². The Hall–Kier alpha value is -1.06. The second-order valence-corrected chi connectivity index (χ2v) is 2.80. The smallest absolute Gasteiger partial charge is 0.143 e.